The lowest BCUT2D eigenvalue weighted by Crippen LogP contribution is -2.50. The van der Waals surface area contributed by atoms with Crippen LogP contribution in [0.5, 0.6) is 5.75 Å². The number of rotatable bonds is 6. The number of benzene rings is 2. The van der Waals surface area contributed by atoms with Crippen LogP contribution in [-0.2, 0) is 36.8 Å². The highest BCUT2D eigenvalue weighted by Crippen LogP contribution is 2.24. The monoisotopic (exact) mass is 411 g/mol. The van der Waals surface area contributed by atoms with Gasteiger partial charge < -0.3 is 19.1 Å². The molecule has 7 nitrogen and oxygen atoms in total. The molecule has 7 heteroatoms. The maximum absolute atomic E-state index is 12.7. The van der Waals surface area contributed by atoms with Gasteiger partial charge in [-0.2, -0.15) is 0 Å². The topological polar surface area (TPSA) is 82.1 Å². The van der Waals surface area contributed by atoms with E-state index in [1.165, 1.54) is 12.0 Å². The molecule has 30 heavy (non-hydrogen) atoms. The zero-order valence-electron chi connectivity index (χ0n) is 17.3. The fraction of sp³-hybridized carbons (Fsp3) is 0.348. The summed E-state index contributed by atoms with van der Waals surface area (Å²) < 4.78 is 15.4. The lowest BCUT2D eigenvalue weighted by atomic mass is 9.94. The van der Waals surface area contributed by atoms with Crippen molar-refractivity contribution in [1.82, 2.24) is 4.90 Å². The lowest BCUT2D eigenvalue weighted by Gasteiger charge is -2.35. The molecular weight excluding hydrogens is 386 g/mol. The van der Waals surface area contributed by atoms with E-state index in [1.54, 1.807) is 6.07 Å². The molecule has 1 heterocycles. The van der Waals surface area contributed by atoms with Crippen LogP contribution < -0.4 is 4.74 Å². The summed E-state index contributed by atoms with van der Waals surface area (Å²) in [5.74, 6) is -1.06. The first-order valence-corrected chi connectivity index (χ1v) is 9.68. The van der Waals surface area contributed by atoms with Gasteiger partial charge in [-0.3, -0.25) is 4.79 Å². The van der Waals surface area contributed by atoms with Gasteiger partial charge in [-0.1, -0.05) is 30.3 Å². The maximum Gasteiger partial charge on any atom is 0.344 e. The van der Waals surface area contributed by atoms with Gasteiger partial charge in [0.1, 0.15) is 11.8 Å². The molecule has 1 atom stereocenters. The number of nitrogens with zero attached hydrogens (tertiary/aromatic N) is 1. The second kappa shape index (κ2) is 9.43. The number of hydrogen-bond donors (Lipinski definition) is 0. The Bertz CT molecular complexity index is 954. The predicted octanol–water partition coefficient (Wildman–Crippen LogP) is 2.35. The van der Waals surface area contributed by atoms with Crippen molar-refractivity contribution in [3.05, 3.63) is 64.7 Å². The van der Waals surface area contributed by atoms with Gasteiger partial charge in [0.15, 0.2) is 13.2 Å². The highest BCUT2D eigenvalue weighted by molar-refractivity contribution is 5.87. The van der Waals surface area contributed by atoms with Gasteiger partial charge in [0.05, 0.1) is 7.11 Å². The molecular formula is C23H25NO6. The Balaban J connectivity index is 1.57. The Morgan fingerprint density at radius 3 is 2.43 bits per heavy atom. The summed E-state index contributed by atoms with van der Waals surface area (Å²) >= 11 is 0. The number of aryl methyl sites for hydroxylation is 2. The summed E-state index contributed by atoms with van der Waals surface area (Å²) in [6, 6.07) is 12.4. The molecule has 0 saturated carbocycles. The van der Waals surface area contributed by atoms with Gasteiger partial charge in [0.2, 0.25) is 0 Å². The van der Waals surface area contributed by atoms with Gasteiger partial charge in [-0.25, -0.2) is 9.59 Å². The third-order valence-corrected chi connectivity index (χ3v) is 5.23. The Morgan fingerprint density at radius 2 is 1.73 bits per heavy atom. The minimum Gasteiger partial charge on any atom is -0.482 e. The van der Waals surface area contributed by atoms with Crippen molar-refractivity contribution in [1.29, 1.82) is 0 Å². The predicted molar refractivity (Wildman–Crippen MR) is 109 cm³/mol. The third-order valence-electron chi connectivity index (χ3n) is 5.23. The number of methoxy groups -OCH3 is 1. The molecule has 0 fully saturated rings. The van der Waals surface area contributed by atoms with Crippen molar-refractivity contribution >= 4 is 17.8 Å². The van der Waals surface area contributed by atoms with E-state index in [4.69, 9.17) is 14.2 Å². The molecule has 158 valence electrons. The molecule has 2 aromatic carbocycles. The van der Waals surface area contributed by atoms with E-state index >= 15 is 0 Å². The summed E-state index contributed by atoms with van der Waals surface area (Å²) in [5.41, 5.74) is 4.13. The molecule has 0 radical (unpaired) electrons. The largest absolute Gasteiger partial charge is 0.482 e. The van der Waals surface area contributed by atoms with E-state index in [1.807, 2.05) is 50.2 Å². The second-order valence-corrected chi connectivity index (χ2v) is 7.23. The fourth-order valence-electron chi connectivity index (χ4n) is 3.34. The van der Waals surface area contributed by atoms with E-state index in [0.29, 0.717) is 12.2 Å². The van der Waals surface area contributed by atoms with Crippen LogP contribution in [0.1, 0.15) is 22.3 Å². The average molecular weight is 411 g/mol. The molecule has 0 aliphatic carbocycles. The molecule has 0 unspecified atom stereocenters. The van der Waals surface area contributed by atoms with E-state index in [9.17, 15) is 14.4 Å². The zero-order valence-corrected chi connectivity index (χ0v) is 17.3. The van der Waals surface area contributed by atoms with Crippen LogP contribution >= 0.6 is 0 Å². The van der Waals surface area contributed by atoms with Gasteiger partial charge in [0.25, 0.3) is 5.91 Å². The highest BCUT2D eigenvalue weighted by Gasteiger charge is 2.35. The van der Waals surface area contributed by atoms with Gasteiger partial charge in [-0.15, -0.1) is 0 Å². The quantitative estimate of drug-likeness (QED) is 0.679. The van der Waals surface area contributed by atoms with Crippen LogP contribution in [0.15, 0.2) is 42.5 Å². The third kappa shape index (κ3) is 4.97. The van der Waals surface area contributed by atoms with Crippen LogP contribution in [0.4, 0.5) is 0 Å². The Labute approximate surface area is 175 Å². The van der Waals surface area contributed by atoms with Gasteiger partial charge in [-0.05, 0) is 48.2 Å². The molecule has 3 rings (SSSR count). The van der Waals surface area contributed by atoms with Gasteiger partial charge >= 0.3 is 11.9 Å². The zero-order chi connectivity index (χ0) is 21.7. The Kier molecular flexibility index (Phi) is 6.72. The standard InChI is InChI=1S/C23H25NO6/c1-15-8-9-19(10-16(15)2)29-14-22(26)30-13-21(25)24-12-18-7-5-4-6-17(18)11-20(24)23(27)28-3/h4-10,20H,11-14H2,1-3H3/t20-/m1/s1. The summed E-state index contributed by atoms with van der Waals surface area (Å²) in [5, 5.41) is 0. The van der Waals surface area contributed by atoms with Crippen LogP contribution in [0.2, 0.25) is 0 Å². The van der Waals surface area contributed by atoms with Crippen molar-refractivity contribution in [2.24, 2.45) is 0 Å². The molecule has 1 aliphatic heterocycles. The highest BCUT2D eigenvalue weighted by atomic mass is 16.6. The molecule has 0 aromatic heterocycles. The lowest BCUT2D eigenvalue weighted by molar-refractivity contribution is -0.160. The fourth-order valence-corrected chi connectivity index (χ4v) is 3.34. The van der Waals surface area contributed by atoms with Crippen LogP contribution in [0, 0.1) is 13.8 Å². The maximum atomic E-state index is 12.7. The number of hydrogen-bond acceptors (Lipinski definition) is 6. The average Bonchev–Trinajstić information content (AvgIpc) is 2.76. The number of carbonyl (C=O) groups excluding carboxylic acids is 3. The van der Waals surface area contributed by atoms with Crippen molar-refractivity contribution in [2.45, 2.75) is 32.9 Å². The van der Waals surface area contributed by atoms with E-state index in [-0.39, 0.29) is 13.2 Å². The van der Waals surface area contributed by atoms with Crippen molar-refractivity contribution < 1.29 is 28.6 Å². The summed E-state index contributed by atoms with van der Waals surface area (Å²) in [6.07, 6.45) is 0.360. The number of amides is 1. The summed E-state index contributed by atoms with van der Waals surface area (Å²) in [6.45, 7) is 3.42. The minimum absolute atomic E-state index is 0.255. The van der Waals surface area contributed by atoms with Crippen LogP contribution in [-0.4, -0.2) is 49.1 Å². The van der Waals surface area contributed by atoms with E-state index in [0.717, 1.165) is 22.3 Å². The first-order chi connectivity index (χ1) is 14.4. The molecule has 0 saturated heterocycles. The Hall–Kier alpha value is -3.35. The molecule has 2 aromatic rings. The Morgan fingerprint density at radius 1 is 1.00 bits per heavy atom. The van der Waals surface area contributed by atoms with Crippen molar-refractivity contribution in [3.8, 4) is 5.75 Å². The number of carbonyl (C=O) groups is 3. The number of fused-ring (bicyclic) bond motifs is 1. The molecule has 1 aliphatic rings. The smallest absolute Gasteiger partial charge is 0.344 e. The number of ether oxygens (including phenoxy) is 3. The van der Waals surface area contributed by atoms with Crippen LogP contribution in [0.25, 0.3) is 0 Å². The first-order valence-electron chi connectivity index (χ1n) is 9.68. The summed E-state index contributed by atoms with van der Waals surface area (Å²) in [7, 11) is 1.29. The molecule has 0 N–H and O–H groups in total. The second-order valence-electron chi connectivity index (χ2n) is 7.23. The van der Waals surface area contributed by atoms with Crippen molar-refractivity contribution in [2.75, 3.05) is 20.3 Å². The minimum atomic E-state index is -0.747. The summed E-state index contributed by atoms with van der Waals surface area (Å²) in [4.78, 5) is 38.3. The van der Waals surface area contributed by atoms with E-state index in [2.05, 4.69) is 0 Å². The SMILES string of the molecule is COC(=O)[C@H]1Cc2ccccc2CN1C(=O)COC(=O)COc1ccc(C)c(C)c1. The number of esters is 2. The normalized spacial score (nSPS) is 15.2. The van der Waals surface area contributed by atoms with E-state index < -0.39 is 30.5 Å². The van der Waals surface area contributed by atoms with Crippen LogP contribution in [0.3, 0.4) is 0 Å². The molecule has 0 spiro atoms. The molecule has 1 amide bonds. The van der Waals surface area contributed by atoms with Gasteiger partial charge in [0, 0.05) is 13.0 Å². The first kappa shape index (κ1) is 21.4. The van der Waals surface area contributed by atoms with Crippen molar-refractivity contribution in [3.63, 3.8) is 0 Å². The molecule has 0 bridgehead atoms.